The molecule has 2 unspecified atom stereocenters. The molecule has 2 aliphatic carbocycles. The number of aromatic nitrogens is 1. The van der Waals surface area contributed by atoms with Crippen molar-refractivity contribution in [2.24, 2.45) is 17.6 Å². The molecule has 2 atom stereocenters. The Bertz CT molecular complexity index is 877. The Balaban J connectivity index is 0.00000128. The normalized spacial score (nSPS) is 26.7. The zero-order chi connectivity index (χ0) is 19.1. The maximum Gasteiger partial charge on any atom is 0.274 e. The number of nitrogens with two attached hydrogens (primary N) is 1. The minimum absolute atomic E-state index is 0. The molecule has 3 N–H and O–H groups in total. The van der Waals surface area contributed by atoms with E-state index in [1.807, 2.05) is 18.2 Å². The van der Waals surface area contributed by atoms with Crippen LogP contribution in [0.4, 0.5) is 0 Å². The Kier molecular flexibility index (Phi) is 7.16. The highest BCUT2D eigenvalue weighted by Gasteiger charge is 2.40. The third-order valence-electron chi connectivity index (χ3n) is 6.26. The van der Waals surface area contributed by atoms with Crippen LogP contribution in [0.3, 0.4) is 0 Å². The third-order valence-corrected chi connectivity index (χ3v) is 6.26. The van der Waals surface area contributed by atoms with E-state index in [9.17, 15) is 4.79 Å². The van der Waals surface area contributed by atoms with Gasteiger partial charge in [-0.05, 0) is 55.7 Å². The van der Waals surface area contributed by atoms with Gasteiger partial charge in [0, 0.05) is 17.6 Å². The SMILES string of the molecule is Cl.Cl.NC1CC2CCCC(C1)C2NC(=O)c1ncoc1-c1ccc2c(c1)OCCO2. The van der Waals surface area contributed by atoms with Crippen LogP contribution >= 0.6 is 24.8 Å². The van der Waals surface area contributed by atoms with Crippen molar-refractivity contribution in [3.05, 3.63) is 30.3 Å². The maximum atomic E-state index is 13.0. The Hall–Kier alpha value is -1.96. The summed E-state index contributed by atoms with van der Waals surface area (Å²) in [4.78, 5) is 17.3. The van der Waals surface area contributed by atoms with Crippen LogP contribution in [0, 0.1) is 11.8 Å². The number of rotatable bonds is 3. The highest BCUT2D eigenvalue weighted by atomic mass is 35.5. The fraction of sp³-hybridized carbons (Fsp3) is 0.524. The van der Waals surface area contributed by atoms with Crippen LogP contribution in [0.2, 0.25) is 0 Å². The molecule has 1 aliphatic heterocycles. The van der Waals surface area contributed by atoms with Crippen molar-refractivity contribution in [3.8, 4) is 22.8 Å². The summed E-state index contributed by atoms with van der Waals surface area (Å²) in [6, 6.07) is 5.95. The number of fused-ring (bicyclic) bond motifs is 3. The zero-order valence-corrected chi connectivity index (χ0v) is 18.2. The van der Waals surface area contributed by atoms with Crippen LogP contribution in [0.1, 0.15) is 42.6 Å². The number of hydrogen-bond donors (Lipinski definition) is 2. The molecule has 7 nitrogen and oxygen atoms in total. The molecule has 0 radical (unpaired) electrons. The van der Waals surface area contributed by atoms with Crippen LogP contribution in [0.25, 0.3) is 11.3 Å². The summed E-state index contributed by atoms with van der Waals surface area (Å²) in [6.07, 6.45) is 6.76. The predicted molar refractivity (Wildman–Crippen MR) is 117 cm³/mol. The number of nitrogens with zero attached hydrogens (tertiary/aromatic N) is 1. The van der Waals surface area contributed by atoms with Gasteiger partial charge in [-0.15, -0.1) is 24.8 Å². The van der Waals surface area contributed by atoms with E-state index in [-0.39, 0.29) is 42.8 Å². The number of carbonyl (C=O) groups is 1. The predicted octanol–water partition coefficient (Wildman–Crippen LogP) is 3.59. The van der Waals surface area contributed by atoms with E-state index in [1.54, 1.807) is 0 Å². The van der Waals surface area contributed by atoms with Crippen molar-refractivity contribution in [3.63, 3.8) is 0 Å². The van der Waals surface area contributed by atoms with Gasteiger partial charge in [-0.3, -0.25) is 4.79 Å². The van der Waals surface area contributed by atoms with Crippen LogP contribution < -0.4 is 20.5 Å². The maximum absolute atomic E-state index is 13.0. The van der Waals surface area contributed by atoms with Gasteiger partial charge >= 0.3 is 0 Å². The summed E-state index contributed by atoms with van der Waals surface area (Å²) in [5.41, 5.74) is 7.26. The van der Waals surface area contributed by atoms with Gasteiger partial charge in [-0.25, -0.2) is 4.98 Å². The summed E-state index contributed by atoms with van der Waals surface area (Å²) in [5, 5.41) is 3.24. The molecule has 30 heavy (non-hydrogen) atoms. The smallest absolute Gasteiger partial charge is 0.274 e. The molecule has 9 heteroatoms. The highest BCUT2D eigenvalue weighted by Crippen LogP contribution is 2.40. The number of ether oxygens (including phenoxy) is 2. The molecule has 2 heterocycles. The largest absolute Gasteiger partial charge is 0.486 e. The van der Waals surface area contributed by atoms with Crippen LogP contribution in [0.15, 0.2) is 29.0 Å². The van der Waals surface area contributed by atoms with Crippen molar-refractivity contribution >= 4 is 30.7 Å². The van der Waals surface area contributed by atoms with Gasteiger partial charge in [-0.2, -0.15) is 0 Å². The second-order valence-corrected chi connectivity index (χ2v) is 8.07. The fourth-order valence-corrected chi connectivity index (χ4v) is 5.04. The Morgan fingerprint density at radius 2 is 1.77 bits per heavy atom. The number of amides is 1. The van der Waals surface area contributed by atoms with Crippen molar-refractivity contribution in [1.29, 1.82) is 0 Å². The topological polar surface area (TPSA) is 99.6 Å². The second-order valence-electron chi connectivity index (χ2n) is 8.07. The molecule has 1 amide bonds. The molecule has 2 bridgehead atoms. The molecule has 2 aromatic rings. The van der Waals surface area contributed by atoms with Gasteiger partial charge in [0.05, 0.1) is 0 Å². The van der Waals surface area contributed by atoms with E-state index in [2.05, 4.69) is 10.3 Å². The number of benzene rings is 1. The molecule has 2 fully saturated rings. The zero-order valence-electron chi connectivity index (χ0n) is 16.5. The first-order valence-corrected chi connectivity index (χ1v) is 10.1. The molecule has 3 aliphatic rings. The van der Waals surface area contributed by atoms with Gasteiger partial charge < -0.3 is 24.9 Å². The van der Waals surface area contributed by atoms with Crippen LogP contribution in [0.5, 0.6) is 11.5 Å². The van der Waals surface area contributed by atoms with E-state index in [0.29, 0.717) is 48.0 Å². The number of carbonyl (C=O) groups excluding carboxylic acids is 1. The lowest BCUT2D eigenvalue weighted by molar-refractivity contribution is 0.0752. The standard InChI is InChI=1S/C21H25N3O4.2ClH/c22-15-8-12-2-1-3-13(9-15)18(12)24-21(25)19-20(28-11-23-19)14-4-5-16-17(10-14)27-7-6-26-16;;/h4-5,10-13,15,18H,1-3,6-9,22H2,(H,24,25);2*1H. The first-order valence-electron chi connectivity index (χ1n) is 10.1. The lowest BCUT2D eigenvalue weighted by Crippen LogP contribution is -2.53. The molecular formula is C21H27Cl2N3O4. The first kappa shape index (κ1) is 22.7. The van der Waals surface area contributed by atoms with Gasteiger partial charge in [-0.1, -0.05) is 6.42 Å². The Morgan fingerprint density at radius 1 is 1.07 bits per heavy atom. The average Bonchev–Trinajstić information content (AvgIpc) is 3.18. The van der Waals surface area contributed by atoms with Crippen molar-refractivity contribution in [1.82, 2.24) is 10.3 Å². The first-order chi connectivity index (χ1) is 13.7. The van der Waals surface area contributed by atoms with E-state index in [0.717, 1.165) is 31.2 Å². The van der Waals surface area contributed by atoms with Crippen molar-refractivity contribution < 1.29 is 18.7 Å². The second kappa shape index (κ2) is 9.45. The summed E-state index contributed by atoms with van der Waals surface area (Å²) < 4.78 is 16.8. The highest BCUT2D eigenvalue weighted by molar-refractivity contribution is 5.98. The van der Waals surface area contributed by atoms with E-state index in [4.69, 9.17) is 19.6 Å². The minimum Gasteiger partial charge on any atom is -0.486 e. The van der Waals surface area contributed by atoms with Gasteiger partial charge in [0.25, 0.3) is 5.91 Å². The van der Waals surface area contributed by atoms with Gasteiger partial charge in [0.15, 0.2) is 29.3 Å². The molecule has 2 saturated carbocycles. The minimum atomic E-state index is -0.184. The number of nitrogens with one attached hydrogen (secondary N) is 1. The average molecular weight is 456 g/mol. The molecular weight excluding hydrogens is 429 g/mol. The number of hydrogen-bond acceptors (Lipinski definition) is 6. The lowest BCUT2D eigenvalue weighted by Gasteiger charge is -2.45. The molecule has 1 aromatic carbocycles. The van der Waals surface area contributed by atoms with Crippen LogP contribution in [-0.4, -0.2) is 36.2 Å². The molecule has 0 saturated heterocycles. The fourth-order valence-electron chi connectivity index (χ4n) is 5.04. The monoisotopic (exact) mass is 455 g/mol. The van der Waals surface area contributed by atoms with Crippen molar-refractivity contribution in [2.75, 3.05) is 13.2 Å². The summed E-state index contributed by atoms with van der Waals surface area (Å²) in [6.45, 7) is 1.04. The lowest BCUT2D eigenvalue weighted by atomic mass is 9.67. The molecule has 5 rings (SSSR count). The molecule has 1 aromatic heterocycles. The summed E-state index contributed by atoms with van der Waals surface area (Å²) in [7, 11) is 0. The summed E-state index contributed by atoms with van der Waals surface area (Å²) >= 11 is 0. The van der Waals surface area contributed by atoms with Gasteiger partial charge in [0.1, 0.15) is 13.2 Å². The Labute approximate surface area is 187 Å². The van der Waals surface area contributed by atoms with Crippen molar-refractivity contribution in [2.45, 2.75) is 44.2 Å². The molecule has 164 valence electrons. The molecule has 0 spiro atoms. The number of halogens is 2. The van der Waals surface area contributed by atoms with Crippen LogP contribution in [-0.2, 0) is 0 Å². The summed E-state index contributed by atoms with van der Waals surface area (Å²) in [5.74, 6) is 2.53. The van der Waals surface area contributed by atoms with E-state index >= 15 is 0 Å². The van der Waals surface area contributed by atoms with Gasteiger partial charge in [0.2, 0.25) is 0 Å². The quantitative estimate of drug-likeness (QED) is 0.733. The third kappa shape index (κ3) is 4.24. The number of oxazole rings is 1. The van der Waals surface area contributed by atoms with E-state index < -0.39 is 0 Å². The Morgan fingerprint density at radius 3 is 2.50 bits per heavy atom. The van der Waals surface area contributed by atoms with E-state index in [1.165, 1.54) is 12.8 Å².